The number of rotatable bonds is 6. The summed E-state index contributed by atoms with van der Waals surface area (Å²) in [7, 11) is 0. The third kappa shape index (κ3) is 3.78. The third-order valence-electron chi connectivity index (χ3n) is 6.52. The zero-order valence-electron chi connectivity index (χ0n) is 20.5. The second kappa shape index (κ2) is 8.85. The maximum atomic E-state index is 13.6. The first kappa shape index (κ1) is 23.1. The number of para-hydroxylation sites is 1. The van der Waals surface area contributed by atoms with Gasteiger partial charge < -0.3 is 4.57 Å². The van der Waals surface area contributed by atoms with Crippen LogP contribution in [0.15, 0.2) is 58.5 Å². The Morgan fingerprint density at radius 2 is 1.77 bits per heavy atom. The van der Waals surface area contributed by atoms with Crippen molar-refractivity contribution in [3.63, 3.8) is 0 Å². The molecule has 2 aromatic carbocycles. The summed E-state index contributed by atoms with van der Waals surface area (Å²) in [5, 5.41) is 9.97. The molecule has 0 amide bonds. The maximum absolute atomic E-state index is 13.6. The molecule has 178 valence electrons. The molecule has 35 heavy (non-hydrogen) atoms. The van der Waals surface area contributed by atoms with Crippen molar-refractivity contribution in [2.45, 2.75) is 46.3 Å². The van der Waals surface area contributed by atoms with Gasteiger partial charge in [-0.25, -0.2) is 4.57 Å². The number of hydrogen-bond acceptors (Lipinski definition) is 5. The lowest BCUT2D eigenvalue weighted by Crippen LogP contribution is -2.22. The Morgan fingerprint density at radius 1 is 1.00 bits per heavy atom. The molecule has 3 heterocycles. The van der Waals surface area contributed by atoms with Gasteiger partial charge in [0.05, 0.1) is 22.3 Å². The van der Waals surface area contributed by atoms with E-state index in [0.717, 1.165) is 45.8 Å². The highest BCUT2D eigenvalue weighted by molar-refractivity contribution is 7.99. The number of aromatic nitrogens is 5. The fourth-order valence-corrected chi connectivity index (χ4v) is 5.55. The molecule has 0 saturated carbocycles. The van der Waals surface area contributed by atoms with Crippen molar-refractivity contribution < 1.29 is 4.79 Å². The summed E-state index contributed by atoms with van der Waals surface area (Å²) in [5.74, 6) is 0.708. The molecule has 0 aliphatic carbocycles. The highest BCUT2D eigenvalue weighted by Gasteiger charge is 2.21. The largest absolute Gasteiger partial charge is 0.349 e. The van der Waals surface area contributed by atoms with Crippen molar-refractivity contribution in [2.75, 3.05) is 5.75 Å². The summed E-state index contributed by atoms with van der Waals surface area (Å²) in [6, 6.07) is 15.4. The smallest absolute Gasteiger partial charge is 0.267 e. The molecule has 0 aliphatic rings. The second-order valence-electron chi connectivity index (χ2n) is 8.81. The summed E-state index contributed by atoms with van der Waals surface area (Å²) >= 11 is 1.34. The average molecular weight is 486 g/mol. The van der Waals surface area contributed by atoms with Crippen molar-refractivity contribution >= 4 is 34.2 Å². The molecule has 0 saturated heterocycles. The number of Topliss-reactive ketones (excluding diaryl/α,β-unsaturated/α-hetero) is 1. The van der Waals surface area contributed by atoms with Crippen LogP contribution in [-0.2, 0) is 6.54 Å². The maximum Gasteiger partial charge on any atom is 0.267 e. The van der Waals surface area contributed by atoms with E-state index in [-0.39, 0.29) is 17.1 Å². The minimum Gasteiger partial charge on any atom is -0.349 e. The van der Waals surface area contributed by atoms with Gasteiger partial charge in [-0.05, 0) is 70.0 Å². The zero-order chi connectivity index (χ0) is 24.9. The SMILES string of the molecule is CCn1c(C)cc(C(=O)CSc2nnc3n(-c4cc(C)ccc4C)c(=O)c4ccccc4n23)c1C. The summed E-state index contributed by atoms with van der Waals surface area (Å²) in [6.45, 7) is 10.9. The van der Waals surface area contributed by atoms with Gasteiger partial charge >= 0.3 is 0 Å². The van der Waals surface area contributed by atoms with E-state index in [9.17, 15) is 9.59 Å². The van der Waals surface area contributed by atoms with Gasteiger partial charge in [-0.2, -0.15) is 0 Å². The fraction of sp³-hybridized carbons (Fsp3) is 0.259. The van der Waals surface area contributed by atoms with Crippen molar-refractivity contribution in [3.8, 4) is 5.69 Å². The third-order valence-corrected chi connectivity index (χ3v) is 7.45. The number of benzene rings is 2. The van der Waals surface area contributed by atoms with Gasteiger partial charge in [-0.1, -0.05) is 36.0 Å². The Labute approximate surface area is 207 Å². The van der Waals surface area contributed by atoms with E-state index in [2.05, 4.69) is 21.7 Å². The predicted octanol–water partition coefficient (Wildman–Crippen LogP) is 5.06. The number of nitrogens with zero attached hydrogens (tertiary/aromatic N) is 5. The highest BCUT2D eigenvalue weighted by Crippen LogP contribution is 2.26. The van der Waals surface area contributed by atoms with E-state index in [1.54, 1.807) is 4.57 Å². The van der Waals surface area contributed by atoms with Crippen molar-refractivity contribution in [1.29, 1.82) is 0 Å². The fourth-order valence-electron chi connectivity index (χ4n) is 4.73. The van der Waals surface area contributed by atoms with Crippen LogP contribution in [0.1, 0.15) is 39.8 Å². The molecular weight excluding hydrogens is 458 g/mol. The van der Waals surface area contributed by atoms with E-state index in [1.807, 2.05) is 80.6 Å². The topological polar surface area (TPSA) is 74.2 Å². The van der Waals surface area contributed by atoms with E-state index >= 15 is 0 Å². The number of hydrogen-bond donors (Lipinski definition) is 0. The zero-order valence-corrected chi connectivity index (χ0v) is 21.3. The number of carbonyl (C=O) groups is 1. The number of fused-ring (bicyclic) bond motifs is 3. The summed E-state index contributed by atoms with van der Waals surface area (Å²) in [4.78, 5) is 26.7. The number of ketones is 1. The Bertz CT molecular complexity index is 1680. The van der Waals surface area contributed by atoms with Gasteiger partial charge in [0, 0.05) is 23.5 Å². The van der Waals surface area contributed by atoms with Gasteiger partial charge in [-0.15, -0.1) is 10.2 Å². The lowest BCUT2D eigenvalue weighted by Gasteiger charge is -2.14. The molecule has 0 spiro atoms. The van der Waals surface area contributed by atoms with Gasteiger partial charge in [0.1, 0.15) is 0 Å². The van der Waals surface area contributed by atoms with Crippen LogP contribution in [0.4, 0.5) is 0 Å². The van der Waals surface area contributed by atoms with Crippen LogP contribution in [-0.4, -0.2) is 35.3 Å². The average Bonchev–Trinajstić information content (AvgIpc) is 3.39. The molecule has 7 nitrogen and oxygen atoms in total. The summed E-state index contributed by atoms with van der Waals surface area (Å²) < 4.78 is 5.64. The number of carbonyl (C=O) groups excluding carboxylic acids is 1. The molecule has 0 aliphatic heterocycles. The molecule has 0 N–H and O–H groups in total. The van der Waals surface area contributed by atoms with E-state index in [0.29, 0.717) is 16.3 Å². The highest BCUT2D eigenvalue weighted by atomic mass is 32.2. The van der Waals surface area contributed by atoms with Crippen LogP contribution >= 0.6 is 11.8 Å². The number of thioether (sulfide) groups is 1. The lowest BCUT2D eigenvalue weighted by atomic mass is 10.1. The van der Waals surface area contributed by atoms with Crippen molar-refractivity contribution in [1.82, 2.24) is 23.7 Å². The van der Waals surface area contributed by atoms with Crippen LogP contribution in [0.25, 0.3) is 22.4 Å². The first-order valence-corrected chi connectivity index (χ1v) is 12.6. The van der Waals surface area contributed by atoms with Gasteiger partial charge in [0.15, 0.2) is 10.9 Å². The molecule has 0 bridgehead atoms. The summed E-state index contributed by atoms with van der Waals surface area (Å²) in [6.07, 6.45) is 0. The minimum absolute atomic E-state index is 0.0479. The molecule has 5 aromatic rings. The first-order valence-electron chi connectivity index (χ1n) is 11.6. The quantitative estimate of drug-likeness (QED) is 0.248. The van der Waals surface area contributed by atoms with Crippen LogP contribution in [0.5, 0.6) is 0 Å². The first-order chi connectivity index (χ1) is 16.8. The Kier molecular flexibility index (Phi) is 5.84. The van der Waals surface area contributed by atoms with Crippen molar-refractivity contribution in [2.24, 2.45) is 0 Å². The Balaban J connectivity index is 1.63. The van der Waals surface area contributed by atoms with Gasteiger partial charge in [0.25, 0.3) is 5.56 Å². The molecular formula is C27H27N5O2S. The van der Waals surface area contributed by atoms with E-state index in [4.69, 9.17) is 0 Å². The van der Waals surface area contributed by atoms with Gasteiger partial charge in [-0.3, -0.25) is 14.0 Å². The van der Waals surface area contributed by atoms with Crippen LogP contribution in [0.2, 0.25) is 0 Å². The molecule has 0 unspecified atom stereocenters. The van der Waals surface area contributed by atoms with Crippen molar-refractivity contribution in [3.05, 3.63) is 87.0 Å². The van der Waals surface area contributed by atoms with Crippen LogP contribution in [0.3, 0.4) is 0 Å². The van der Waals surface area contributed by atoms with Crippen LogP contribution in [0, 0.1) is 27.7 Å². The van der Waals surface area contributed by atoms with E-state index < -0.39 is 0 Å². The predicted molar refractivity (Wildman–Crippen MR) is 140 cm³/mol. The molecule has 3 aromatic heterocycles. The molecule has 0 fully saturated rings. The molecule has 8 heteroatoms. The summed E-state index contributed by atoms with van der Waals surface area (Å²) in [5.41, 5.74) is 6.17. The Hall–Kier alpha value is -3.65. The normalized spacial score (nSPS) is 11.6. The molecule has 0 radical (unpaired) electrons. The number of aryl methyl sites for hydroxylation is 3. The second-order valence-corrected chi connectivity index (χ2v) is 9.75. The van der Waals surface area contributed by atoms with Gasteiger partial charge in [0.2, 0.25) is 5.78 Å². The standard InChI is InChI=1S/C27H27N5O2S/c1-6-30-18(4)14-21(19(30)5)24(33)15-35-27-29-28-26-31(23-13-16(2)11-12-17(23)3)25(34)20-9-7-8-10-22(20)32(26)27/h7-14H,6,15H2,1-5H3. The minimum atomic E-state index is -0.145. The molecule has 5 rings (SSSR count). The molecule has 0 atom stereocenters. The monoisotopic (exact) mass is 485 g/mol. The lowest BCUT2D eigenvalue weighted by molar-refractivity contribution is 0.102. The van der Waals surface area contributed by atoms with E-state index in [1.165, 1.54) is 11.8 Å². The van der Waals surface area contributed by atoms with Crippen LogP contribution < -0.4 is 5.56 Å². The Morgan fingerprint density at radius 3 is 2.51 bits per heavy atom.